The highest BCUT2D eigenvalue weighted by Crippen LogP contribution is 1.99. The number of hydrogen-bond acceptors (Lipinski definition) is 2. The van der Waals surface area contributed by atoms with Crippen molar-refractivity contribution >= 4 is 17.5 Å². The molecule has 0 aliphatic heterocycles. The number of carbonyl (C=O) groups excluding carboxylic acids is 1. The summed E-state index contributed by atoms with van der Waals surface area (Å²) in [6.07, 6.45) is 2.14. The Morgan fingerprint density at radius 1 is 1.31 bits per heavy atom. The van der Waals surface area contributed by atoms with Gasteiger partial charge in [-0.2, -0.15) is 0 Å². The van der Waals surface area contributed by atoms with E-state index in [9.17, 15) is 4.79 Å². The van der Waals surface area contributed by atoms with Gasteiger partial charge in [-0.15, -0.1) is 11.6 Å². The molecule has 1 amide bonds. The Bertz CT molecular complexity index is 197. The standard InChI is InChI=1S/C12H25ClN2O/c1-10(2)15(4)8-6-5-7-14-12(16)11(3)9-13/h10-11H,5-9H2,1-4H3,(H,14,16). The van der Waals surface area contributed by atoms with Crippen molar-refractivity contribution in [2.45, 2.75) is 39.7 Å². The molecule has 0 radical (unpaired) electrons. The molecule has 0 saturated heterocycles. The number of amides is 1. The van der Waals surface area contributed by atoms with E-state index < -0.39 is 0 Å². The van der Waals surface area contributed by atoms with Crippen molar-refractivity contribution < 1.29 is 4.79 Å². The first-order valence-corrected chi connectivity index (χ1v) is 6.56. The average Bonchev–Trinajstić information content (AvgIpc) is 2.26. The molecule has 1 unspecified atom stereocenters. The maximum Gasteiger partial charge on any atom is 0.224 e. The third kappa shape index (κ3) is 7.07. The van der Waals surface area contributed by atoms with Crippen LogP contribution >= 0.6 is 11.6 Å². The Balaban J connectivity index is 3.44. The Hall–Kier alpha value is -0.280. The predicted molar refractivity (Wildman–Crippen MR) is 69.9 cm³/mol. The number of carbonyl (C=O) groups is 1. The van der Waals surface area contributed by atoms with Crippen molar-refractivity contribution in [1.29, 1.82) is 0 Å². The molecular formula is C12H25ClN2O. The molecule has 0 bridgehead atoms. The van der Waals surface area contributed by atoms with Gasteiger partial charge in [0.2, 0.25) is 5.91 Å². The number of halogens is 1. The summed E-state index contributed by atoms with van der Waals surface area (Å²) in [7, 11) is 2.12. The fraction of sp³-hybridized carbons (Fsp3) is 0.917. The molecule has 96 valence electrons. The van der Waals surface area contributed by atoms with Gasteiger partial charge in [0.1, 0.15) is 0 Å². The zero-order chi connectivity index (χ0) is 12.6. The van der Waals surface area contributed by atoms with Gasteiger partial charge < -0.3 is 10.2 Å². The molecule has 0 aromatic heterocycles. The number of hydrogen-bond donors (Lipinski definition) is 1. The van der Waals surface area contributed by atoms with Gasteiger partial charge in [0.25, 0.3) is 0 Å². The Morgan fingerprint density at radius 3 is 2.44 bits per heavy atom. The molecule has 0 aliphatic carbocycles. The van der Waals surface area contributed by atoms with Gasteiger partial charge in [0, 0.05) is 24.4 Å². The summed E-state index contributed by atoms with van der Waals surface area (Å²) in [6.45, 7) is 8.05. The van der Waals surface area contributed by atoms with Crippen LogP contribution in [0, 0.1) is 5.92 Å². The summed E-state index contributed by atoms with van der Waals surface area (Å²) in [4.78, 5) is 13.7. The Kier molecular flexibility index (Phi) is 8.67. The lowest BCUT2D eigenvalue weighted by Gasteiger charge is -2.20. The van der Waals surface area contributed by atoms with Crippen molar-refractivity contribution in [3.63, 3.8) is 0 Å². The van der Waals surface area contributed by atoms with Gasteiger partial charge in [0.15, 0.2) is 0 Å². The largest absolute Gasteiger partial charge is 0.356 e. The van der Waals surface area contributed by atoms with Crippen molar-refractivity contribution in [3.8, 4) is 0 Å². The van der Waals surface area contributed by atoms with E-state index in [1.807, 2.05) is 6.92 Å². The van der Waals surface area contributed by atoms with Crippen LogP contribution in [0.5, 0.6) is 0 Å². The summed E-state index contributed by atoms with van der Waals surface area (Å²) in [5.41, 5.74) is 0. The van der Waals surface area contributed by atoms with E-state index in [1.54, 1.807) is 0 Å². The molecule has 1 N–H and O–H groups in total. The Morgan fingerprint density at radius 2 is 1.94 bits per heavy atom. The van der Waals surface area contributed by atoms with Crippen LogP contribution in [0.1, 0.15) is 33.6 Å². The Labute approximate surface area is 105 Å². The fourth-order valence-electron chi connectivity index (χ4n) is 1.20. The van der Waals surface area contributed by atoms with Crippen LogP contribution in [0.3, 0.4) is 0 Å². The third-order valence-corrected chi connectivity index (χ3v) is 3.26. The molecule has 16 heavy (non-hydrogen) atoms. The number of nitrogens with one attached hydrogen (secondary N) is 1. The smallest absolute Gasteiger partial charge is 0.224 e. The zero-order valence-corrected chi connectivity index (χ0v) is 11.7. The van der Waals surface area contributed by atoms with E-state index in [0.29, 0.717) is 11.9 Å². The van der Waals surface area contributed by atoms with Gasteiger partial charge in [-0.1, -0.05) is 6.92 Å². The monoisotopic (exact) mass is 248 g/mol. The van der Waals surface area contributed by atoms with Crippen LogP contribution in [0.2, 0.25) is 0 Å². The maximum atomic E-state index is 11.4. The SMILES string of the molecule is CC(CCl)C(=O)NCCCCN(C)C(C)C. The lowest BCUT2D eigenvalue weighted by molar-refractivity contribution is -0.123. The second-order valence-corrected chi connectivity index (χ2v) is 4.94. The highest BCUT2D eigenvalue weighted by molar-refractivity contribution is 6.19. The highest BCUT2D eigenvalue weighted by Gasteiger charge is 2.09. The molecule has 1 atom stereocenters. The van der Waals surface area contributed by atoms with Crippen molar-refractivity contribution in [3.05, 3.63) is 0 Å². The minimum Gasteiger partial charge on any atom is -0.356 e. The first-order valence-electron chi connectivity index (χ1n) is 6.03. The fourth-order valence-corrected chi connectivity index (χ4v) is 1.34. The minimum absolute atomic E-state index is 0.0622. The van der Waals surface area contributed by atoms with E-state index in [-0.39, 0.29) is 11.8 Å². The van der Waals surface area contributed by atoms with Gasteiger partial charge in [-0.25, -0.2) is 0 Å². The second-order valence-electron chi connectivity index (χ2n) is 4.63. The summed E-state index contributed by atoms with van der Waals surface area (Å²) in [6, 6.07) is 0.589. The maximum absolute atomic E-state index is 11.4. The molecule has 0 spiro atoms. The molecule has 0 heterocycles. The first-order chi connectivity index (χ1) is 7.49. The molecule has 4 heteroatoms. The van der Waals surface area contributed by atoms with Crippen LogP contribution in [0.15, 0.2) is 0 Å². The van der Waals surface area contributed by atoms with Crippen LogP contribution in [-0.4, -0.2) is 42.9 Å². The van der Waals surface area contributed by atoms with Crippen LogP contribution in [0.25, 0.3) is 0 Å². The highest BCUT2D eigenvalue weighted by atomic mass is 35.5. The molecule has 0 aromatic rings. The number of rotatable bonds is 8. The van der Waals surface area contributed by atoms with Gasteiger partial charge in [-0.05, 0) is 40.3 Å². The molecule has 0 fully saturated rings. The number of unbranched alkanes of at least 4 members (excludes halogenated alkanes) is 1. The van der Waals surface area contributed by atoms with Gasteiger partial charge >= 0.3 is 0 Å². The van der Waals surface area contributed by atoms with Gasteiger partial charge in [-0.3, -0.25) is 4.79 Å². The number of alkyl halides is 1. The molecule has 0 saturated carbocycles. The van der Waals surface area contributed by atoms with E-state index in [1.165, 1.54) is 0 Å². The minimum atomic E-state index is -0.0833. The van der Waals surface area contributed by atoms with E-state index in [2.05, 4.69) is 31.1 Å². The quantitative estimate of drug-likeness (QED) is 0.527. The topological polar surface area (TPSA) is 32.3 Å². The molecule has 0 aliphatic rings. The average molecular weight is 249 g/mol. The summed E-state index contributed by atoms with van der Waals surface area (Å²) in [5.74, 6) is 0.370. The second kappa shape index (κ2) is 8.82. The zero-order valence-electron chi connectivity index (χ0n) is 10.9. The summed E-state index contributed by atoms with van der Waals surface area (Å²) >= 11 is 5.60. The van der Waals surface area contributed by atoms with Gasteiger partial charge in [0.05, 0.1) is 0 Å². The van der Waals surface area contributed by atoms with Crippen molar-refractivity contribution in [1.82, 2.24) is 10.2 Å². The molecule has 3 nitrogen and oxygen atoms in total. The first kappa shape index (κ1) is 15.7. The van der Waals surface area contributed by atoms with E-state index in [0.717, 1.165) is 25.9 Å². The van der Waals surface area contributed by atoms with Crippen LogP contribution in [0.4, 0.5) is 0 Å². The molecule has 0 rings (SSSR count). The molecular weight excluding hydrogens is 224 g/mol. The predicted octanol–water partition coefficient (Wildman–Crippen LogP) is 2.10. The van der Waals surface area contributed by atoms with E-state index in [4.69, 9.17) is 11.6 Å². The number of nitrogens with zero attached hydrogens (tertiary/aromatic N) is 1. The third-order valence-electron chi connectivity index (χ3n) is 2.80. The van der Waals surface area contributed by atoms with E-state index >= 15 is 0 Å². The van der Waals surface area contributed by atoms with Crippen LogP contribution < -0.4 is 5.32 Å². The summed E-state index contributed by atoms with van der Waals surface area (Å²) < 4.78 is 0. The van der Waals surface area contributed by atoms with Crippen molar-refractivity contribution in [2.24, 2.45) is 5.92 Å². The molecule has 0 aromatic carbocycles. The van der Waals surface area contributed by atoms with Crippen LogP contribution in [-0.2, 0) is 4.79 Å². The summed E-state index contributed by atoms with van der Waals surface area (Å²) in [5, 5.41) is 2.89. The lowest BCUT2D eigenvalue weighted by atomic mass is 10.2. The van der Waals surface area contributed by atoms with Crippen molar-refractivity contribution in [2.75, 3.05) is 26.0 Å². The normalized spacial score (nSPS) is 13.2. The lowest BCUT2D eigenvalue weighted by Crippen LogP contribution is -2.32.